The zero-order valence-corrected chi connectivity index (χ0v) is 13.6. The first-order valence-electron chi connectivity index (χ1n) is 7.68. The molecule has 0 saturated carbocycles. The summed E-state index contributed by atoms with van der Waals surface area (Å²) in [7, 11) is 4.08. The van der Waals surface area contributed by atoms with Crippen molar-refractivity contribution in [2.75, 3.05) is 32.5 Å². The Balaban J connectivity index is 1.84. The van der Waals surface area contributed by atoms with Gasteiger partial charge in [-0.1, -0.05) is 30.3 Å². The number of aromatic nitrogens is 2. The van der Waals surface area contributed by atoms with E-state index in [1.165, 1.54) is 6.33 Å². The Morgan fingerprint density at radius 3 is 2.70 bits per heavy atom. The molecule has 0 aliphatic carbocycles. The normalized spacial score (nSPS) is 10.6. The Bertz CT molecular complexity index is 615. The van der Waals surface area contributed by atoms with Gasteiger partial charge in [-0.2, -0.15) is 0 Å². The van der Waals surface area contributed by atoms with Gasteiger partial charge in [0.1, 0.15) is 17.8 Å². The average Bonchev–Trinajstić information content (AvgIpc) is 2.57. The molecule has 2 rings (SSSR count). The van der Waals surface area contributed by atoms with E-state index in [0.717, 1.165) is 25.1 Å². The van der Waals surface area contributed by atoms with Gasteiger partial charge in [-0.15, -0.1) is 0 Å². The second kappa shape index (κ2) is 8.85. The second-order valence-electron chi connectivity index (χ2n) is 5.54. The Kier molecular flexibility index (Phi) is 6.50. The third-order valence-electron chi connectivity index (χ3n) is 3.28. The van der Waals surface area contributed by atoms with E-state index >= 15 is 0 Å². The summed E-state index contributed by atoms with van der Waals surface area (Å²) in [6.07, 6.45) is 2.41. The van der Waals surface area contributed by atoms with Crippen molar-refractivity contribution in [1.29, 1.82) is 0 Å². The van der Waals surface area contributed by atoms with Crippen LogP contribution in [0.1, 0.15) is 22.5 Å². The van der Waals surface area contributed by atoms with Crippen molar-refractivity contribution in [2.24, 2.45) is 0 Å². The van der Waals surface area contributed by atoms with Gasteiger partial charge in [0.05, 0.1) is 0 Å². The monoisotopic (exact) mass is 313 g/mol. The fourth-order valence-corrected chi connectivity index (χ4v) is 2.06. The molecule has 1 heterocycles. The number of nitrogens with one attached hydrogen (secondary N) is 2. The summed E-state index contributed by atoms with van der Waals surface area (Å²) in [5, 5.41) is 6.07. The van der Waals surface area contributed by atoms with Crippen LogP contribution in [0.3, 0.4) is 0 Å². The minimum Gasteiger partial charge on any atom is -0.370 e. The molecule has 122 valence electrons. The summed E-state index contributed by atoms with van der Waals surface area (Å²) in [4.78, 5) is 22.5. The van der Waals surface area contributed by atoms with E-state index in [-0.39, 0.29) is 5.91 Å². The van der Waals surface area contributed by atoms with Crippen LogP contribution in [-0.4, -0.2) is 48.0 Å². The maximum Gasteiger partial charge on any atom is 0.270 e. The van der Waals surface area contributed by atoms with Crippen molar-refractivity contribution in [1.82, 2.24) is 20.2 Å². The largest absolute Gasteiger partial charge is 0.370 e. The van der Waals surface area contributed by atoms with Gasteiger partial charge in [0.15, 0.2) is 0 Å². The van der Waals surface area contributed by atoms with Crippen LogP contribution in [0.5, 0.6) is 0 Å². The molecule has 1 aromatic carbocycles. The van der Waals surface area contributed by atoms with E-state index < -0.39 is 0 Å². The second-order valence-corrected chi connectivity index (χ2v) is 5.54. The highest BCUT2D eigenvalue weighted by Crippen LogP contribution is 2.05. The predicted molar refractivity (Wildman–Crippen MR) is 91.3 cm³/mol. The number of benzene rings is 1. The minimum absolute atomic E-state index is 0.201. The lowest BCUT2D eigenvalue weighted by Gasteiger charge is -2.10. The molecular weight excluding hydrogens is 290 g/mol. The lowest BCUT2D eigenvalue weighted by Crippen LogP contribution is -2.24. The smallest absolute Gasteiger partial charge is 0.270 e. The van der Waals surface area contributed by atoms with Gasteiger partial charge >= 0.3 is 0 Å². The molecule has 0 aliphatic heterocycles. The number of hydrogen-bond acceptors (Lipinski definition) is 5. The van der Waals surface area contributed by atoms with E-state index in [2.05, 4.69) is 25.5 Å². The molecule has 0 unspecified atom stereocenters. The number of nitrogens with zero attached hydrogens (tertiary/aromatic N) is 3. The summed E-state index contributed by atoms with van der Waals surface area (Å²) in [6, 6.07) is 11.5. The van der Waals surface area contributed by atoms with Crippen molar-refractivity contribution < 1.29 is 4.79 Å². The van der Waals surface area contributed by atoms with E-state index in [0.29, 0.717) is 18.1 Å². The number of amides is 1. The Morgan fingerprint density at radius 2 is 1.96 bits per heavy atom. The molecule has 0 atom stereocenters. The van der Waals surface area contributed by atoms with Crippen LogP contribution in [-0.2, 0) is 6.54 Å². The maximum atomic E-state index is 12.2. The minimum atomic E-state index is -0.201. The molecule has 6 heteroatoms. The molecule has 0 aliphatic rings. The van der Waals surface area contributed by atoms with Crippen LogP contribution in [0.2, 0.25) is 0 Å². The van der Waals surface area contributed by atoms with Crippen LogP contribution in [0, 0.1) is 0 Å². The van der Waals surface area contributed by atoms with Gasteiger partial charge in [0.25, 0.3) is 5.91 Å². The van der Waals surface area contributed by atoms with Crippen molar-refractivity contribution >= 4 is 11.7 Å². The maximum absolute atomic E-state index is 12.2. The first-order chi connectivity index (χ1) is 11.1. The van der Waals surface area contributed by atoms with Gasteiger partial charge in [0.2, 0.25) is 0 Å². The van der Waals surface area contributed by atoms with Gasteiger partial charge in [0, 0.05) is 19.2 Å². The Morgan fingerprint density at radius 1 is 1.17 bits per heavy atom. The van der Waals surface area contributed by atoms with Crippen LogP contribution < -0.4 is 10.6 Å². The molecule has 1 aromatic heterocycles. The zero-order valence-electron chi connectivity index (χ0n) is 13.6. The van der Waals surface area contributed by atoms with Gasteiger partial charge < -0.3 is 15.5 Å². The van der Waals surface area contributed by atoms with E-state index in [1.54, 1.807) is 6.07 Å². The standard InChI is InChI=1S/C17H23N5O/c1-22(2)10-6-9-18-16-11-15(20-13-21-16)17(23)19-12-14-7-4-3-5-8-14/h3-5,7-8,11,13H,6,9-10,12H2,1-2H3,(H,19,23)(H,18,20,21). The fourth-order valence-electron chi connectivity index (χ4n) is 2.06. The quantitative estimate of drug-likeness (QED) is 0.727. The third kappa shape index (κ3) is 6.04. The summed E-state index contributed by atoms with van der Waals surface area (Å²) >= 11 is 0. The predicted octanol–water partition coefficient (Wildman–Crippen LogP) is 1.77. The SMILES string of the molecule is CN(C)CCCNc1cc(C(=O)NCc2ccccc2)ncn1. The lowest BCUT2D eigenvalue weighted by molar-refractivity contribution is 0.0946. The molecule has 0 spiro atoms. The first kappa shape index (κ1) is 16.9. The van der Waals surface area contributed by atoms with Crippen molar-refractivity contribution in [3.63, 3.8) is 0 Å². The number of rotatable bonds is 8. The molecule has 0 bridgehead atoms. The average molecular weight is 313 g/mol. The summed E-state index contributed by atoms with van der Waals surface area (Å²) in [6.45, 7) is 2.29. The summed E-state index contributed by atoms with van der Waals surface area (Å²) in [5.41, 5.74) is 1.42. The molecule has 0 radical (unpaired) electrons. The third-order valence-corrected chi connectivity index (χ3v) is 3.28. The number of carbonyl (C=O) groups excluding carboxylic acids is 1. The lowest BCUT2D eigenvalue weighted by atomic mass is 10.2. The van der Waals surface area contributed by atoms with Crippen molar-refractivity contribution in [3.8, 4) is 0 Å². The number of hydrogen-bond donors (Lipinski definition) is 2. The van der Waals surface area contributed by atoms with E-state index in [4.69, 9.17) is 0 Å². The molecule has 6 nitrogen and oxygen atoms in total. The van der Waals surface area contributed by atoms with Crippen LogP contribution in [0.25, 0.3) is 0 Å². The zero-order chi connectivity index (χ0) is 16.5. The van der Waals surface area contributed by atoms with E-state index in [1.807, 2.05) is 44.4 Å². The first-order valence-corrected chi connectivity index (χ1v) is 7.68. The molecule has 0 fully saturated rings. The van der Waals surface area contributed by atoms with Crippen molar-refractivity contribution in [2.45, 2.75) is 13.0 Å². The van der Waals surface area contributed by atoms with Crippen LogP contribution >= 0.6 is 0 Å². The Hall–Kier alpha value is -2.47. The molecule has 23 heavy (non-hydrogen) atoms. The fraction of sp³-hybridized carbons (Fsp3) is 0.353. The highest BCUT2D eigenvalue weighted by molar-refractivity contribution is 5.92. The topological polar surface area (TPSA) is 70.2 Å². The van der Waals surface area contributed by atoms with Crippen molar-refractivity contribution in [3.05, 3.63) is 54.0 Å². The van der Waals surface area contributed by atoms with E-state index in [9.17, 15) is 4.79 Å². The van der Waals surface area contributed by atoms with Crippen LogP contribution in [0.4, 0.5) is 5.82 Å². The molecule has 1 amide bonds. The van der Waals surface area contributed by atoms with Gasteiger partial charge in [-0.25, -0.2) is 9.97 Å². The molecular formula is C17H23N5O. The van der Waals surface area contributed by atoms with Gasteiger partial charge in [-0.3, -0.25) is 4.79 Å². The highest BCUT2D eigenvalue weighted by Gasteiger charge is 2.08. The Labute approximate surface area is 137 Å². The highest BCUT2D eigenvalue weighted by atomic mass is 16.1. The van der Waals surface area contributed by atoms with Gasteiger partial charge in [-0.05, 0) is 32.6 Å². The summed E-state index contributed by atoms with van der Waals surface area (Å²) in [5.74, 6) is 0.469. The number of anilines is 1. The molecule has 0 saturated heterocycles. The summed E-state index contributed by atoms with van der Waals surface area (Å²) < 4.78 is 0. The molecule has 2 N–H and O–H groups in total. The van der Waals surface area contributed by atoms with Crippen LogP contribution in [0.15, 0.2) is 42.7 Å². The number of carbonyl (C=O) groups is 1. The molecule has 2 aromatic rings.